The summed E-state index contributed by atoms with van der Waals surface area (Å²) in [6.45, 7) is 2.64. The summed E-state index contributed by atoms with van der Waals surface area (Å²) in [5.74, 6) is 0.328. The van der Waals surface area contributed by atoms with Gasteiger partial charge in [-0.05, 0) is 73.2 Å². The number of anilines is 1. The number of esters is 2. The van der Waals surface area contributed by atoms with Crippen molar-refractivity contribution in [2.45, 2.75) is 48.7 Å². The van der Waals surface area contributed by atoms with Crippen LogP contribution in [-0.2, 0) is 29.0 Å². The Hall–Kier alpha value is -4.73. The standard InChI is InChI=1S/C34H32ClF3N4O7S/c1-19(2)50(46,47)28-7-5-4-6-24(28)30-25(32(44)49-33(45)34(36,37)38)13-15-41(30)31(43)29(21-9-11-26(35)27(17-21)48-3)42(39)23-10-8-22-18-40-14-12-20(22)16-23/h4-12,14,16-19,25,29-30H,13,15,39H2,1-3H3/t25?,29-,30?/m1/s1. The predicted octanol–water partition coefficient (Wildman–Crippen LogP) is 5.72. The van der Waals surface area contributed by atoms with E-state index in [9.17, 15) is 36.0 Å². The van der Waals surface area contributed by atoms with E-state index in [0.29, 0.717) is 5.69 Å². The molecule has 264 valence electrons. The van der Waals surface area contributed by atoms with Crippen molar-refractivity contribution in [2.24, 2.45) is 11.8 Å². The van der Waals surface area contributed by atoms with Crippen LogP contribution in [-0.4, -0.2) is 61.2 Å². The Kier molecular flexibility index (Phi) is 10.4. The second kappa shape index (κ2) is 14.2. The summed E-state index contributed by atoms with van der Waals surface area (Å²) in [5, 5.41) is 2.00. The Morgan fingerprint density at radius 1 is 1.04 bits per heavy atom. The molecule has 1 amide bonds. The third kappa shape index (κ3) is 7.11. The number of aromatic nitrogens is 1. The normalized spacial score (nSPS) is 17.1. The number of hydrazine groups is 1. The number of sulfone groups is 1. The van der Waals surface area contributed by atoms with Gasteiger partial charge in [-0.3, -0.25) is 19.6 Å². The number of methoxy groups -OCH3 is 1. The molecule has 16 heteroatoms. The van der Waals surface area contributed by atoms with E-state index in [-0.39, 0.29) is 39.8 Å². The molecule has 1 aliphatic rings. The Morgan fingerprint density at radius 2 is 1.76 bits per heavy atom. The van der Waals surface area contributed by atoms with Gasteiger partial charge in [0.2, 0.25) is 0 Å². The highest BCUT2D eigenvalue weighted by molar-refractivity contribution is 7.92. The zero-order chi connectivity index (χ0) is 36.5. The number of nitrogens with two attached hydrogens (primary N) is 1. The number of nitrogens with zero attached hydrogens (tertiary/aromatic N) is 3. The third-order valence-electron chi connectivity index (χ3n) is 8.50. The molecule has 2 heterocycles. The van der Waals surface area contributed by atoms with E-state index in [0.717, 1.165) is 10.8 Å². The first-order valence-electron chi connectivity index (χ1n) is 15.2. The first kappa shape index (κ1) is 36.5. The van der Waals surface area contributed by atoms with Gasteiger partial charge in [0, 0.05) is 24.3 Å². The predicted molar refractivity (Wildman–Crippen MR) is 178 cm³/mol. The molecule has 5 rings (SSSR count). The van der Waals surface area contributed by atoms with Gasteiger partial charge in [-0.25, -0.2) is 19.1 Å². The lowest BCUT2D eigenvalue weighted by atomic mass is 9.93. The molecule has 1 aliphatic heterocycles. The van der Waals surface area contributed by atoms with Crippen molar-refractivity contribution in [2.75, 3.05) is 18.7 Å². The monoisotopic (exact) mass is 732 g/mol. The van der Waals surface area contributed by atoms with Crippen LogP contribution in [0.4, 0.5) is 18.9 Å². The van der Waals surface area contributed by atoms with Crippen molar-refractivity contribution < 1.29 is 45.4 Å². The molecule has 0 radical (unpaired) electrons. The van der Waals surface area contributed by atoms with Crippen LogP contribution in [0.5, 0.6) is 5.75 Å². The molecule has 3 aromatic carbocycles. The lowest BCUT2D eigenvalue weighted by Gasteiger charge is -2.36. The third-order valence-corrected chi connectivity index (χ3v) is 11.0. The van der Waals surface area contributed by atoms with Crippen LogP contribution >= 0.6 is 11.6 Å². The number of amides is 1. The molecule has 1 saturated heterocycles. The van der Waals surface area contributed by atoms with E-state index in [2.05, 4.69) is 9.72 Å². The summed E-state index contributed by atoms with van der Waals surface area (Å²) in [6, 6.07) is 14.1. The second-order valence-corrected chi connectivity index (χ2v) is 14.7. The van der Waals surface area contributed by atoms with Crippen molar-refractivity contribution in [3.8, 4) is 5.75 Å². The van der Waals surface area contributed by atoms with Crippen LogP contribution in [0, 0.1) is 5.92 Å². The van der Waals surface area contributed by atoms with Gasteiger partial charge in [-0.1, -0.05) is 41.9 Å². The number of carbonyl (C=O) groups excluding carboxylic acids is 3. The molecule has 0 saturated carbocycles. The molecule has 3 atom stereocenters. The van der Waals surface area contributed by atoms with Crippen molar-refractivity contribution in [1.29, 1.82) is 0 Å². The average molecular weight is 733 g/mol. The minimum Gasteiger partial charge on any atom is -0.495 e. The smallest absolute Gasteiger partial charge is 0.491 e. The van der Waals surface area contributed by atoms with Gasteiger partial charge in [-0.15, -0.1) is 0 Å². The number of benzene rings is 3. The van der Waals surface area contributed by atoms with E-state index < -0.39 is 57.1 Å². The van der Waals surface area contributed by atoms with Crippen molar-refractivity contribution >= 4 is 55.7 Å². The van der Waals surface area contributed by atoms with Gasteiger partial charge in [0.05, 0.1) is 39.9 Å². The summed E-state index contributed by atoms with van der Waals surface area (Å²) in [5.41, 5.74) is 0.623. The molecular formula is C34H32ClF3N4O7S. The number of carbonyl (C=O) groups is 3. The quantitative estimate of drug-likeness (QED) is 0.0980. The summed E-state index contributed by atoms with van der Waals surface area (Å²) in [6.07, 6.45) is -2.51. The minimum absolute atomic E-state index is 0.0392. The first-order chi connectivity index (χ1) is 23.6. The number of hydrogen-bond acceptors (Lipinski definition) is 10. The van der Waals surface area contributed by atoms with Gasteiger partial charge >= 0.3 is 18.1 Å². The molecule has 50 heavy (non-hydrogen) atoms. The van der Waals surface area contributed by atoms with E-state index in [1.807, 2.05) is 0 Å². The van der Waals surface area contributed by atoms with Crippen LogP contribution in [0.2, 0.25) is 5.02 Å². The maximum atomic E-state index is 14.9. The van der Waals surface area contributed by atoms with Crippen LogP contribution in [0.15, 0.2) is 84.0 Å². The molecule has 0 aliphatic carbocycles. The molecule has 1 fully saturated rings. The van der Waals surface area contributed by atoms with Crippen LogP contribution in [0.1, 0.15) is 43.5 Å². The van der Waals surface area contributed by atoms with Gasteiger partial charge in [0.1, 0.15) is 11.8 Å². The average Bonchev–Trinajstić information content (AvgIpc) is 3.53. The van der Waals surface area contributed by atoms with E-state index in [1.165, 1.54) is 73.3 Å². The summed E-state index contributed by atoms with van der Waals surface area (Å²) >= 11 is 6.30. The Labute approximate surface area is 290 Å². The van der Waals surface area contributed by atoms with Crippen molar-refractivity contribution in [1.82, 2.24) is 9.88 Å². The fourth-order valence-corrected chi connectivity index (χ4v) is 7.43. The molecule has 0 bridgehead atoms. The highest BCUT2D eigenvalue weighted by atomic mass is 35.5. The van der Waals surface area contributed by atoms with Gasteiger partial charge < -0.3 is 14.4 Å². The number of alkyl halides is 3. The Bertz CT molecular complexity index is 2060. The SMILES string of the molecule is COc1cc([C@H](C(=O)N2CCC(C(=O)OC(=O)C(F)(F)F)C2c2ccccc2S(=O)(=O)C(C)C)N(N)c2ccc3cnccc3c2)ccc1Cl. The number of hydrogen-bond donors (Lipinski definition) is 1. The van der Waals surface area contributed by atoms with Gasteiger partial charge in [-0.2, -0.15) is 13.2 Å². The van der Waals surface area contributed by atoms with Crippen LogP contribution in [0.3, 0.4) is 0 Å². The molecular weight excluding hydrogens is 701 g/mol. The lowest BCUT2D eigenvalue weighted by Crippen LogP contribution is -2.47. The largest absolute Gasteiger partial charge is 0.495 e. The second-order valence-electron chi connectivity index (χ2n) is 11.8. The maximum absolute atomic E-state index is 14.9. The van der Waals surface area contributed by atoms with Crippen LogP contribution < -0.4 is 15.6 Å². The Balaban J connectivity index is 1.67. The number of rotatable bonds is 9. The maximum Gasteiger partial charge on any atom is 0.491 e. The number of likely N-dealkylation sites (tertiary alicyclic amines) is 1. The fraction of sp³-hybridized carbons (Fsp3) is 0.294. The van der Waals surface area contributed by atoms with E-state index in [4.69, 9.17) is 22.2 Å². The lowest BCUT2D eigenvalue weighted by molar-refractivity contribution is -0.203. The van der Waals surface area contributed by atoms with Gasteiger partial charge in [0.25, 0.3) is 5.91 Å². The summed E-state index contributed by atoms with van der Waals surface area (Å²) < 4.78 is 76.2. The van der Waals surface area contributed by atoms with Crippen LogP contribution in [0.25, 0.3) is 10.8 Å². The molecule has 1 aromatic heterocycles. The van der Waals surface area contributed by atoms with E-state index >= 15 is 0 Å². The molecule has 2 N–H and O–H groups in total. The molecule has 4 aromatic rings. The molecule has 2 unspecified atom stereocenters. The highest BCUT2D eigenvalue weighted by Crippen LogP contribution is 2.44. The van der Waals surface area contributed by atoms with E-state index in [1.54, 1.807) is 36.7 Å². The summed E-state index contributed by atoms with van der Waals surface area (Å²) in [7, 11) is -2.69. The summed E-state index contributed by atoms with van der Waals surface area (Å²) in [4.78, 5) is 45.0. The molecule has 0 spiro atoms. The minimum atomic E-state index is -5.48. The molecule has 11 nitrogen and oxygen atoms in total. The number of fused-ring (bicyclic) bond motifs is 1. The number of pyridine rings is 1. The number of ether oxygens (including phenoxy) is 2. The first-order valence-corrected chi connectivity index (χ1v) is 17.2. The highest BCUT2D eigenvalue weighted by Gasteiger charge is 2.50. The fourth-order valence-electron chi connectivity index (χ4n) is 5.94. The Morgan fingerprint density at radius 3 is 2.44 bits per heavy atom. The zero-order valence-electron chi connectivity index (χ0n) is 26.9. The van der Waals surface area contributed by atoms with Gasteiger partial charge in [0.15, 0.2) is 9.84 Å². The zero-order valence-corrected chi connectivity index (χ0v) is 28.5. The van der Waals surface area contributed by atoms with Crippen molar-refractivity contribution in [3.05, 3.63) is 95.3 Å². The van der Waals surface area contributed by atoms with Crippen molar-refractivity contribution in [3.63, 3.8) is 0 Å². The topological polar surface area (TPSA) is 149 Å². The number of halogens is 4.